The van der Waals surface area contributed by atoms with Crippen molar-refractivity contribution in [1.82, 2.24) is 4.98 Å². The van der Waals surface area contributed by atoms with Crippen molar-refractivity contribution in [3.8, 4) is 0 Å². The molecular formula is C21H25ClFN. The zero-order valence-electron chi connectivity index (χ0n) is 14.3. The van der Waals surface area contributed by atoms with Crippen LogP contribution in [0.25, 0.3) is 0 Å². The average Bonchev–Trinajstić information content (AvgIpc) is 2.62. The molecule has 0 atom stereocenters. The zero-order valence-corrected chi connectivity index (χ0v) is 15.0. The van der Waals surface area contributed by atoms with Crippen LogP contribution in [0.3, 0.4) is 0 Å². The highest BCUT2D eigenvalue weighted by atomic mass is 35.5. The molecule has 2 aromatic rings. The van der Waals surface area contributed by atoms with Gasteiger partial charge in [0.05, 0.1) is 0 Å². The Bertz CT molecular complexity index is 660. The topological polar surface area (TPSA) is 12.9 Å². The SMILES string of the molecule is CCC1CCC(c2ccc(CCc3ccc(Cl)nc3F)cc2)CC1. The van der Waals surface area contributed by atoms with Crippen molar-refractivity contribution in [3.63, 3.8) is 0 Å². The highest BCUT2D eigenvalue weighted by molar-refractivity contribution is 6.29. The van der Waals surface area contributed by atoms with Gasteiger partial charge in [-0.25, -0.2) is 4.98 Å². The summed E-state index contributed by atoms with van der Waals surface area (Å²) in [7, 11) is 0. The molecule has 0 unspecified atom stereocenters. The minimum absolute atomic E-state index is 0.207. The molecule has 24 heavy (non-hydrogen) atoms. The number of halogens is 2. The maximum absolute atomic E-state index is 13.7. The van der Waals surface area contributed by atoms with Crippen LogP contribution in [0.5, 0.6) is 0 Å². The molecule has 1 fully saturated rings. The van der Waals surface area contributed by atoms with E-state index in [1.165, 1.54) is 43.2 Å². The van der Waals surface area contributed by atoms with Crippen LogP contribution in [0, 0.1) is 11.9 Å². The number of hydrogen-bond donors (Lipinski definition) is 0. The Morgan fingerprint density at radius 2 is 1.71 bits per heavy atom. The maximum atomic E-state index is 13.7. The molecule has 1 aliphatic carbocycles. The Labute approximate surface area is 149 Å². The van der Waals surface area contributed by atoms with Gasteiger partial charge in [-0.15, -0.1) is 0 Å². The minimum atomic E-state index is -0.452. The first-order valence-corrected chi connectivity index (χ1v) is 9.43. The van der Waals surface area contributed by atoms with E-state index >= 15 is 0 Å². The molecule has 1 heterocycles. The van der Waals surface area contributed by atoms with E-state index in [-0.39, 0.29) is 5.15 Å². The van der Waals surface area contributed by atoms with E-state index in [0.717, 1.165) is 18.3 Å². The molecule has 0 amide bonds. The first-order valence-electron chi connectivity index (χ1n) is 9.05. The number of rotatable bonds is 5. The lowest BCUT2D eigenvalue weighted by Gasteiger charge is -2.28. The third-order valence-electron chi connectivity index (χ3n) is 5.45. The monoisotopic (exact) mass is 345 g/mol. The van der Waals surface area contributed by atoms with Crippen molar-refractivity contribution in [2.45, 2.75) is 57.8 Å². The summed E-state index contributed by atoms with van der Waals surface area (Å²) >= 11 is 5.69. The summed E-state index contributed by atoms with van der Waals surface area (Å²) in [5.41, 5.74) is 3.34. The summed E-state index contributed by atoms with van der Waals surface area (Å²) in [4.78, 5) is 3.67. The molecule has 3 heteroatoms. The second kappa shape index (κ2) is 8.11. The average molecular weight is 346 g/mol. The molecule has 1 saturated carbocycles. The molecule has 1 aromatic carbocycles. The van der Waals surface area contributed by atoms with Gasteiger partial charge in [0.15, 0.2) is 0 Å². The molecule has 0 bridgehead atoms. The number of nitrogens with zero attached hydrogens (tertiary/aromatic N) is 1. The fourth-order valence-corrected chi connectivity index (χ4v) is 3.90. The molecule has 0 saturated heterocycles. The van der Waals surface area contributed by atoms with Crippen LogP contribution >= 0.6 is 11.6 Å². The number of hydrogen-bond acceptors (Lipinski definition) is 1. The Balaban J connectivity index is 1.57. The van der Waals surface area contributed by atoms with Crippen LogP contribution in [-0.4, -0.2) is 4.98 Å². The molecule has 1 nitrogen and oxygen atoms in total. The molecule has 0 aliphatic heterocycles. The predicted molar refractivity (Wildman–Crippen MR) is 98.0 cm³/mol. The van der Waals surface area contributed by atoms with Crippen LogP contribution in [0.15, 0.2) is 36.4 Å². The van der Waals surface area contributed by atoms with E-state index in [9.17, 15) is 4.39 Å². The molecule has 0 N–H and O–H groups in total. The molecule has 1 aliphatic rings. The van der Waals surface area contributed by atoms with E-state index in [2.05, 4.69) is 36.2 Å². The van der Waals surface area contributed by atoms with Crippen LogP contribution in [0.1, 0.15) is 61.6 Å². The fourth-order valence-electron chi connectivity index (χ4n) is 3.77. The minimum Gasteiger partial charge on any atom is -0.208 e. The molecule has 3 rings (SSSR count). The van der Waals surface area contributed by atoms with Crippen LogP contribution < -0.4 is 0 Å². The Kier molecular flexibility index (Phi) is 5.89. The van der Waals surface area contributed by atoms with Gasteiger partial charge in [-0.2, -0.15) is 4.39 Å². The smallest absolute Gasteiger partial charge is 0.208 e. The van der Waals surface area contributed by atoms with Crippen molar-refractivity contribution >= 4 is 11.6 Å². The zero-order chi connectivity index (χ0) is 16.9. The summed E-state index contributed by atoms with van der Waals surface area (Å²) < 4.78 is 13.7. The van der Waals surface area contributed by atoms with Crippen LogP contribution in [-0.2, 0) is 12.8 Å². The first-order chi connectivity index (χ1) is 11.7. The van der Waals surface area contributed by atoms with E-state index in [4.69, 9.17) is 11.6 Å². The third-order valence-corrected chi connectivity index (χ3v) is 5.66. The van der Waals surface area contributed by atoms with Crippen molar-refractivity contribution in [2.24, 2.45) is 5.92 Å². The van der Waals surface area contributed by atoms with Crippen LogP contribution in [0.4, 0.5) is 4.39 Å². The van der Waals surface area contributed by atoms with Crippen molar-refractivity contribution in [1.29, 1.82) is 0 Å². The predicted octanol–water partition coefficient (Wildman–Crippen LogP) is 6.34. The Hall–Kier alpha value is -1.41. The lowest BCUT2D eigenvalue weighted by atomic mass is 9.78. The largest absolute Gasteiger partial charge is 0.217 e. The highest BCUT2D eigenvalue weighted by Gasteiger charge is 2.21. The lowest BCUT2D eigenvalue weighted by Crippen LogP contribution is -2.12. The van der Waals surface area contributed by atoms with Crippen molar-refractivity contribution < 1.29 is 4.39 Å². The van der Waals surface area contributed by atoms with Gasteiger partial charge in [-0.3, -0.25) is 0 Å². The van der Waals surface area contributed by atoms with Gasteiger partial charge in [0.2, 0.25) is 5.95 Å². The second-order valence-corrected chi connectivity index (χ2v) is 7.34. The van der Waals surface area contributed by atoms with Gasteiger partial charge in [0.1, 0.15) is 5.15 Å². The first kappa shape index (κ1) is 17.4. The molecule has 1 aromatic heterocycles. The number of aryl methyl sites for hydroxylation is 2. The molecule has 128 valence electrons. The lowest BCUT2D eigenvalue weighted by molar-refractivity contribution is 0.319. The van der Waals surface area contributed by atoms with Gasteiger partial charge in [-0.05, 0) is 67.6 Å². The summed E-state index contributed by atoms with van der Waals surface area (Å²) in [6.45, 7) is 2.30. The standard InChI is InChI=1S/C21H25ClFN/c1-2-15-3-8-17(9-4-15)18-10-5-16(6-11-18)7-12-19-13-14-20(22)24-21(19)23/h5-6,10-11,13-15,17H,2-4,7-9,12H2,1H3. The summed E-state index contributed by atoms with van der Waals surface area (Å²) in [6, 6.07) is 12.3. The van der Waals surface area contributed by atoms with Crippen LogP contribution in [0.2, 0.25) is 5.15 Å². The van der Waals surface area contributed by atoms with Gasteiger partial charge in [-0.1, -0.05) is 55.3 Å². The van der Waals surface area contributed by atoms with Gasteiger partial charge < -0.3 is 0 Å². The number of aromatic nitrogens is 1. The van der Waals surface area contributed by atoms with E-state index in [1.807, 2.05) is 0 Å². The van der Waals surface area contributed by atoms with E-state index < -0.39 is 5.95 Å². The summed E-state index contributed by atoms with van der Waals surface area (Å²) in [6.07, 6.45) is 8.17. The quantitative estimate of drug-likeness (QED) is 0.576. The van der Waals surface area contributed by atoms with Gasteiger partial charge >= 0.3 is 0 Å². The number of pyridine rings is 1. The third kappa shape index (κ3) is 4.36. The normalized spacial score (nSPS) is 21.0. The molecular weight excluding hydrogens is 321 g/mol. The number of benzene rings is 1. The summed E-state index contributed by atoms with van der Waals surface area (Å²) in [5.74, 6) is 1.20. The van der Waals surface area contributed by atoms with Crippen molar-refractivity contribution in [2.75, 3.05) is 0 Å². The Morgan fingerprint density at radius 1 is 1.00 bits per heavy atom. The maximum Gasteiger partial charge on any atom is 0.217 e. The Morgan fingerprint density at radius 3 is 2.33 bits per heavy atom. The van der Waals surface area contributed by atoms with E-state index in [1.54, 1.807) is 12.1 Å². The fraction of sp³-hybridized carbons (Fsp3) is 0.476. The molecule has 0 spiro atoms. The highest BCUT2D eigenvalue weighted by Crippen LogP contribution is 2.36. The van der Waals surface area contributed by atoms with E-state index in [0.29, 0.717) is 12.0 Å². The second-order valence-electron chi connectivity index (χ2n) is 6.95. The molecule has 0 radical (unpaired) electrons. The van der Waals surface area contributed by atoms with Gasteiger partial charge in [0.25, 0.3) is 0 Å². The van der Waals surface area contributed by atoms with Gasteiger partial charge in [0, 0.05) is 5.56 Å². The summed E-state index contributed by atoms with van der Waals surface area (Å²) in [5, 5.41) is 0.207. The van der Waals surface area contributed by atoms with Crippen molar-refractivity contribution in [3.05, 3.63) is 64.2 Å².